The average Bonchev–Trinajstić information content (AvgIpc) is 1.78. The molecular formula is C9H22NOP. The number of ether oxygens (including phenoxy) is 1. The lowest BCUT2D eigenvalue weighted by Crippen LogP contribution is -2.45. The molecule has 0 saturated heterocycles. The van der Waals surface area contributed by atoms with Crippen LogP contribution in [0.15, 0.2) is 0 Å². The summed E-state index contributed by atoms with van der Waals surface area (Å²) >= 11 is 0. The third-order valence-corrected chi connectivity index (χ3v) is 2.70. The third-order valence-electron chi connectivity index (χ3n) is 1.65. The van der Waals surface area contributed by atoms with Gasteiger partial charge in [0.25, 0.3) is 0 Å². The summed E-state index contributed by atoms with van der Waals surface area (Å²) in [6.07, 6.45) is 0. The van der Waals surface area contributed by atoms with Crippen LogP contribution < -0.4 is 5.73 Å². The summed E-state index contributed by atoms with van der Waals surface area (Å²) in [5, 5.41) is 0. The van der Waals surface area contributed by atoms with Gasteiger partial charge in [-0.15, -0.1) is 9.24 Å². The molecule has 74 valence electrons. The summed E-state index contributed by atoms with van der Waals surface area (Å²) in [5.74, 6) is 0. The Morgan fingerprint density at radius 3 is 1.92 bits per heavy atom. The lowest BCUT2D eigenvalue weighted by atomic mass is 10.0. The molecule has 2 N–H and O–H groups in total. The lowest BCUT2D eigenvalue weighted by Gasteiger charge is -2.30. The van der Waals surface area contributed by atoms with E-state index in [4.69, 9.17) is 10.5 Å². The Morgan fingerprint density at radius 2 is 1.67 bits per heavy atom. The van der Waals surface area contributed by atoms with Crippen LogP contribution >= 0.6 is 9.24 Å². The van der Waals surface area contributed by atoms with Gasteiger partial charge in [0.2, 0.25) is 0 Å². The molecule has 0 aromatic rings. The van der Waals surface area contributed by atoms with Gasteiger partial charge in [0.15, 0.2) is 0 Å². The maximum Gasteiger partial charge on any atom is 0.0598 e. The minimum absolute atomic E-state index is 0.0694. The largest absolute Gasteiger partial charge is 0.375 e. The molecule has 0 aliphatic carbocycles. The number of hydrogen-bond acceptors (Lipinski definition) is 2. The fraction of sp³-hybridized carbons (Fsp3) is 1.00. The Bertz CT molecular complexity index is 134. The van der Waals surface area contributed by atoms with Gasteiger partial charge in [-0.05, 0) is 34.6 Å². The van der Waals surface area contributed by atoms with Gasteiger partial charge in [-0.2, -0.15) is 0 Å². The molecule has 12 heavy (non-hydrogen) atoms. The topological polar surface area (TPSA) is 35.2 Å². The van der Waals surface area contributed by atoms with E-state index in [1.165, 1.54) is 0 Å². The minimum atomic E-state index is -0.185. The molecule has 2 atom stereocenters. The smallest absolute Gasteiger partial charge is 0.0598 e. The molecule has 0 amide bonds. The summed E-state index contributed by atoms with van der Waals surface area (Å²) < 4.78 is 5.62. The Hall–Kier alpha value is 0.350. The van der Waals surface area contributed by atoms with Crippen molar-refractivity contribution < 1.29 is 4.74 Å². The maximum absolute atomic E-state index is 5.91. The first-order chi connectivity index (χ1) is 5.13. The van der Waals surface area contributed by atoms with Crippen molar-refractivity contribution >= 4 is 9.24 Å². The summed E-state index contributed by atoms with van der Waals surface area (Å²) in [5.41, 5.74) is 5.96. The zero-order valence-corrected chi connectivity index (χ0v) is 10.0. The molecule has 0 aliphatic heterocycles. The van der Waals surface area contributed by atoms with Gasteiger partial charge in [0.1, 0.15) is 0 Å². The molecule has 0 aromatic heterocycles. The van der Waals surface area contributed by atoms with Crippen molar-refractivity contribution in [1.29, 1.82) is 0 Å². The SMILES string of the molecule is CC(C)(C)OCC(P)C(C)(C)N. The molecule has 2 nitrogen and oxygen atoms in total. The third kappa shape index (κ3) is 5.93. The summed E-state index contributed by atoms with van der Waals surface area (Å²) in [4.78, 5) is 0. The lowest BCUT2D eigenvalue weighted by molar-refractivity contribution is -0.00696. The highest BCUT2D eigenvalue weighted by Crippen LogP contribution is 2.18. The van der Waals surface area contributed by atoms with Crippen LogP contribution in [0.2, 0.25) is 0 Å². The van der Waals surface area contributed by atoms with Gasteiger partial charge >= 0.3 is 0 Å². The number of nitrogens with two attached hydrogens (primary N) is 1. The second-order valence-electron chi connectivity index (χ2n) is 4.85. The van der Waals surface area contributed by atoms with Crippen LogP contribution in [0.3, 0.4) is 0 Å². The monoisotopic (exact) mass is 191 g/mol. The predicted molar refractivity (Wildman–Crippen MR) is 57.5 cm³/mol. The molecule has 0 heterocycles. The summed E-state index contributed by atoms with van der Waals surface area (Å²) in [6, 6.07) is 0. The summed E-state index contributed by atoms with van der Waals surface area (Å²) in [7, 11) is 2.73. The van der Waals surface area contributed by atoms with Gasteiger partial charge in [0, 0.05) is 11.2 Å². The average molecular weight is 191 g/mol. The Kier molecular flexibility index (Phi) is 4.16. The van der Waals surface area contributed by atoms with E-state index < -0.39 is 0 Å². The minimum Gasteiger partial charge on any atom is -0.375 e. The van der Waals surface area contributed by atoms with Crippen molar-refractivity contribution in [3.8, 4) is 0 Å². The van der Waals surface area contributed by atoms with E-state index in [1.807, 2.05) is 34.6 Å². The van der Waals surface area contributed by atoms with E-state index in [-0.39, 0.29) is 11.1 Å². The van der Waals surface area contributed by atoms with Crippen molar-refractivity contribution in [3.63, 3.8) is 0 Å². The quantitative estimate of drug-likeness (QED) is 0.690. The van der Waals surface area contributed by atoms with Crippen LogP contribution in [0.4, 0.5) is 0 Å². The van der Waals surface area contributed by atoms with Crippen molar-refractivity contribution in [2.24, 2.45) is 5.73 Å². The Balaban J connectivity index is 3.80. The first-order valence-corrected chi connectivity index (χ1v) is 4.98. The van der Waals surface area contributed by atoms with Gasteiger partial charge in [-0.1, -0.05) is 0 Å². The zero-order valence-electron chi connectivity index (χ0n) is 8.85. The second-order valence-corrected chi connectivity index (χ2v) is 5.66. The van der Waals surface area contributed by atoms with E-state index in [0.717, 1.165) is 0 Å². The van der Waals surface area contributed by atoms with Crippen LogP contribution in [0.5, 0.6) is 0 Å². The highest BCUT2D eigenvalue weighted by atomic mass is 31.0. The molecule has 2 unspecified atom stereocenters. The highest BCUT2D eigenvalue weighted by molar-refractivity contribution is 7.17. The van der Waals surface area contributed by atoms with Crippen LogP contribution in [0.1, 0.15) is 34.6 Å². The normalized spacial score (nSPS) is 16.2. The van der Waals surface area contributed by atoms with Crippen LogP contribution in [-0.2, 0) is 4.74 Å². The molecule has 0 spiro atoms. The van der Waals surface area contributed by atoms with Crippen molar-refractivity contribution in [2.75, 3.05) is 6.61 Å². The fourth-order valence-corrected chi connectivity index (χ4v) is 0.651. The first-order valence-electron chi connectivity index (χ1n) is 4.31. The molecule has 0 saturated carbocycles. The van der Waals surface area contributed by atoms with Gasteiger partial charge < -0.3 is 10.5 Å². The van der Waals surface area contributed by atoms with Gasteiger partial charge in [-0.3, -0.25) is 0 Å². The van der Waals surface area contributed by atoms with Gasteiger partial charge in [0.05, 0.1) is 12.2 Å². The predicted octanol–water partition coefficient (Wildman–Crippen LogP) is 1.78. The molecule has 0 fully saturated rings. The molecular weight excluding hydrogens is 169 g/mol. The van der Waals surface area contributed by atoms with E-state index >= 15 is 0 Å². The van der Waals surface area contributed by atoms with Crippen molar-refractivity contribution in [1.82, 2.24) is 0 Å². The molecule has 3 heteroatoms. The van der Waals surface area contributed by atoms with E-state index in [9.17, 15) is 0 Å². The van der Waals surface area contributed by atoms with Crippen LogP contribution in [-0.4, -0.2) is 23.4 Å². The molecule has 0 radical (unpaired) electrons. The molecule has 0 bridgehead atoms. The van der Waals surface area contributed by atoms with Crippen molar-refractivity contribution in [3.05, 3.63) is 0 Å². The van der Waals surface area contributed by atoms with Crippen LogP contribution in [0.25, 0.3) is 0 Å². The number of hydrogen-bond donors (Lipinski definition) is 1. The second kappa shape index (κ2) is 4.04. The molecule has 0 aromatic carbocycles. The Labute approximate surface area is 78.4 Å². The van der Waals surface area contributed by atoms with E-state index in [2.05, 4.69) is 9.24 Å². The zero-order chi connectivity index (χ0) is 9.99. The molecule has 0 aliphatic rings. The maximum atomic E-state index is 5.91. The van der Waals surface area contributed by atoms with Crippen LogP contribution in [0, 0.1) is 0 Å². The van der Waals surface area contributed by atoms with E-state index in [0.29, 0.717) is 12.3 Å². The van der Waals surface area contributed by atoms with Crippen molar-refractivity contribution in [2.45, 2.75) is 51.4 Å². The first kappa shape index (κ1) is 12.3. The van der Waals surface area contributed by atoms with E-state index in [1.54, 1.807) is 0 Å². The molecule has 0 rings (SSSR count). The standard InChI is InChI=1S/C9H22NOP/c1-8(2,3)11-6-7(12)9(4,5)10/h7H,6,10,12H2,1-5H3. The summed E-state index contributed by atoms with van der Waals surface area (Å²) in [6.45, 7) is 10.9. The number of rotatable bonds is 3. The highest BCUT2D eigenvalue weighted by Gasteiger charge is 2.22. The Morgan fingerprint density at radius 1 is 1.25 bits per heavy atom. The fourth-order valence-electron chi connectivity index (χ4n) is 0.555. The van der Waals surface area contributed by atoms with Gasteiger partial charge in [-0.25, -0.2) is 0 Å².